The van der Waals surface area contributed by atoms with Crippen LogP contribution in [0.15, 0.2) is 24.3 Å². The van der Waals surface area contributed by atoms with Crippen LogP contribution in [0.4, 0.5) is 14.5 Å². The van der Waals surface area contributed by atoms with Gasteiger partial charge in [-0.25, -0.2) is 0 Å². The molecule has 2 rings (SSSR count). The Bertz CT molecular complexity index is 389. The number of rotatable bonds is 4. The minimum absolute atomic E-state index is 0.196. The van der Waals surface area contributed by atoms with Crippen LogP contribution in [-0.4, -0.2) is 12.7 Å². The van der Waals surface area contributed by atoms with Crippen LogP contribution in [-0.2, 0) is 0 Å². The predicted molar refractivity (Wildman–Crippen MR) is 68.1 cm³/mol. The summed E-state index contributed by atoms with van der Waals surface area (Å²) < 4.78 is 28.3. The summed E-state index contributed by atoms with van der Waals surface area (Å²) in [4.78, 5) is 0. The van der Waals surface area contributed by atoms with Crippen molar-refractivity contribution >= 4 is 5.69 Å². The second-order valence-electron chi connectivity index (χ2n) is 5.48. The van der Waals surface area contributed by atoms with Crippen LogP contribution in [0.1, 0.15) is 33.1 Å². The molecule has 18 heavy (non-hydrogen) atoms. The van der Waals surface area contributed by atoms with Crippen LogP contribution < -0.4 is 10.1 Å². The van der Waals surface area contributed by atoms with Gasteiger partial charge in [0.05, 0.1) is 0 Å². The zero-order valence-electron chi connectivity index (χ0n) is 10.7. The molecule has 0 aliphatic heterocycles. The molecule has 1 saturated carbocycles. The number of hydrogen-bond acceptors (Lipinski definition) is 2. The number of nitrogens with one attached hydrogen (secondary N) is 1. The average molecular weight is 255 g/mol. The fraction of sp³-hybridized carbons (Fsp3) is 0.571. The summed E-state index contributed by atoms with van der Waals surface area (Å²) in [5, 5.41) is 3.47. The summed E-state index contributed by atoms with van der Waals surface area (Å²) >= 11 is 0. The molecule has 1 aliphatic rings. The topological polar surface area (TPSA) is 21.3 Å². The Balaban J connectivity index is 1.98. The maximum Gasteiger partial charge on any atom is 0.387 e. The average Bonchev–Trinajstić information content (AvgIpc) is 2.60. The first-order chi connectivity index (χ1) is 8.47. The molecule has 0 amide bonds. The maximum atomic E-state index is 12.0. The van der Waals surface area contributed by atoms with Gasteiger partial charge in [-0.1, -0.05) is 20.3 Å². The lowest BCUT2D eigenvalue weighted by atomic mass is 9.87. The van der Waals surface area contributed by atoms with E-state index in [0.717, 1.165) is 12.1 Å². The van der Waals surface area contributed by atoms with Gasteiger partial charge in [-0.2, -0.15) is 8.78 Å². The lowest BCUT2D eigenvalue weighted by Crippen LogP contribution is -2.30. The van der Waals surface area contributed by atoms with Crippen molar-refractivity contribution in [2.45, 2.75) is 45.8 Å². The molecule has 1 aromatic carbocycles. The Morgan fingerprint density at radius 1 is 1.28 bits per heavy atom. The van der Waals surface area contributed by atoms with Crippen molar-refractivity contribution < 1.29 is 13.5 Å². The SMILES string of the molecule is CC1(C)CCCC1Nc1ccc(OC(F)F)cc1. The molecule has 4 heteroatoms. The van der Waals surface area contributed by atoms with Gasteiger partial charge in [0.15, 0.2) is 0 Å². The van der Waals surface area contributed by atoms with E-state index >= 15 is 0 Å². The van der Waals surface area contributed by atoms with Crippen molar-refractivity contribution in [3.05, 3.63) is 24.3 Å². The summed E-state index contributed by atoms with van der Waals surface area (Å²) in [6, 6.07) is 7.14. The lowest BCUT2D eigenvalue weighted by Gasteiger charge is -2.28. The van der Waals surface area contributed by atoms with Crippen molar-refractivity contribution in [3.63, 3.8) is 0 Å². The second-order valence-corrected chi connectivity index (χ2v) is 5.48. The number of alkyl halides is 2. The number of benzene rings is 1. The smallest absolute Gasteiger partial charge is 0.387 e. The van der Waals surface area contributed by atoms with Gasteiger partial charge in [0.1, 0.15) is 5.75 Å². The predicted octanol–water partition coefficient (Wildman–Crippen LogP) is 4.28. The molecule has 1 unspecified atom stereocenters. The third kappa shape index (κ3) is 3.12. The quantitative estimate of drug-likeness (QED) is 0.867. The van der Waals surface area contributed by atoms with Gasteiger partial charge in [0.25, 0.3) is 0 Å². The third-order valence-corrected chi connectivity index (χ3v) is 3.68. The van der Waals surface area contributed by atoms with Gasteiger partial charge in [0.2, 0.25) is 0 Å². The van der Waals surface area contributed by atoms with Crippen molar-refractivity contribution in [2.24, 2.45) is 5.41 Å². The number of hydrogen-bond donors (Lipinski definition) is 1. The molecule has 0 heterocycles. The number of anilines is 1. The molecule has 1 aliphatic carbocycles. The van der Waals surface area contributed by atoms with Gasteiger partial charge < -0.3 is 10.1 Å². The molecular formula is C14H19F2NO. The van der Waals surface area contributed by atoms with Gasteiger partial charge >= 0.3 is 6.61 Å². The van der Waals surface area contributed by atoms with E-state index in [4.69, 9.17) is 0 Å². The van der Waals surface area contributed by atoms with Crippen LogP contribution in [0.3, 0.4) is 0 Å². The third-order valence-electron chi connectivity index (χ3n) is 3.68. The van der Waals surface area contributed by atoms with Crippen LogP contribution in [0.25, 0.3) is 0 Å². The fourth-order valence-corrected chi connectivity index (χ4v) is 2.53. The zero-order valence-corrected chi connectivity index (χ0v) is 10.7. The molecule has 0 saturated heterocycles. The van der Waals surface area contributed by atoms with E-state index in [9.17, 15) is 8.78 Å². The largest absolute Gasteiger partial charge is 0.435 e. The molecule has 0 aromatic heterocycles. The van der Waals surface area contributed by atoms with Gasteiger partial charge in [-0.15, -0.1) is 0 Å². The summed E-state index contributed by atoms with van der Waals surface area (Å²) in [5.41, 5.74) is 1.25. The van der Waals surface area contributed by atoms with Crippen molar-refractivity contribution in [1.82, 2.24) is 0 Å². The van der Waals surface area contributed by atoms with E-state index in [1.807, 2.05) is 0 Å². The molecule has 1 fully saturated rings. The molecule has 0 spiro atoms. The first-order valence-electron chi connectivity index (χ1n) is 6.29. The van der Waals surface area contributed by atoms with Gasteiger partial charge in [0, 0.05) is 11.7 Å². The van der Waals surface area contributed by atoms with E-state index in [1.54, 1.807) is 24.3 Å². The number of halogens is 2. The zero-order chi connectivity index (χ0) is 13.2. The fourth-order valence-electron chi connectivity index (χ4n) is 2.53. The number of ether oxygens (including phenoxy) is 1. The maximum absolute atomic E-state index is 12.0. The summed E-state index contributed by atoms with van der Waals surface area (Å²) in [5.74, 6) is 0.196. The van der Waals surface area contributed by atoms with Crippen LogP contribution >= 0.6 is 0 Å². The van der Waals surface area contributed by atoms with Crippen molar-refractivity contribution in [3.8, 4) is 5.75 Å². The minimum atomic E-state index is -2.77. The van der Waals surface area contributed by atoms with E-state index in [0.29, 0.717) is 6.04 Å². The van der Waals surface area contributed by atoms with E-state index in [1.165, 1.54) is 12.8 Å². The summed E-state index contributed by atoms with van der Waals surface area (Å²) in [7, 11) is 0. The molecular weight excluding hydrogens is 236 g/mol. The molecule has 1 atom stereocenters. The van der Waals surface area contributed by atoms with E-state index in [-0.39, 0.29) is 11.2 Å². The van der Waals surface area contributed by atoms with E-state index < -0.39 is 6.61 Å². The lowest BCUT2D eigenvalue weighted by molar-refractivity contribution is -0.0498. The summed E-state index contributed by atoms with van der Waals surface area (Å²) in [6.45, 7) is 1.75. The highest BCUT2D eigenvalue weighted by Crippen LogP contribution is 2.39. The first-order valence-corrected chi connectivity index (χ1v) is 6.29. The normalized spacial score (nSPS) is 22.2. The standard InChI is InChI=1S/C14H19F2NO/c1-14(2)9-3-4-12(14)17-10-5-7-11(8-6-10)18-13(15)16/h5-8,12-13,17H,3-4,9H2,1-2H3. The molecule has 100 valence electrons. The Morgan fingerprint density at radius 3 is 2.44 bits per heavy atom. The Morgan fingerprint density at radius 2 is 1.94 bits per heavy atom. The van der Waals surface area contributed by atoms with Crippen LogP contribution in [0.5, 0.6) is 5.75 Å². The Kier molecular flexibility index (Phi) is 3.73. The van der Waals surface area contributed by atoms with Crippen LogP contribution in [0.2, 0.25) is 0 Å². The minimum Gasteiger partial charge on any atom is -0.435 e. The molecule has 0 bridgehead atoms. The molecule has 1 aromatic rings. The van der Waals surface area contributed by atoms with Crippen molar-refractivity contribution in [2.75, 3.05) is 5.32 Å². The second kappa shape index (κ2) is 5.12. The first kappa shape index (κ1) is 13.1. The Hall–Kier alpha value is -1.32. The summed E-state index contributed by atoms with van der Waals surface area (Å²) in [6.07, 6.45) is 3.61. The highest BCUT2D eigenvalue weighted by molar-refractivity contribution is 5.47. The molecule has 2 nitrogen and oxygen atoms in total. The van der Waals surface area contributed by atoms with Gasteiger partial charge in [-0.05, 0) is 42.5 Å². The highest BCUT2D eigenvalue weighted by Gasteiger charge is 2.34. The van der Waals surface area contributed by atoms with E-state index in [2.05, 4.69) is 23.9 Å². The monoisotopic (exact) mass is 255 g/mol. The highest BCUT2D eigenvalue weighted by atomic mass is 19.3. The van der Waals surface area contributed by atoms with Crippen molar-refractivity contribution in [1.29, 1.82) is 0 Å². The molecule has 1 N–H and O–H groups in total. The Labute approximate surface area is 106 Å². The van der Waals surface area contributed by atoms with Crippen LogP contribution in [0, 0.1) is 5.41 Å². The molecule has 0 radical (unpaired) electrons. The van der Waals surface area contributed by atoms with Gasteiger partial charge in [-0.3, -0.25) is 0 Å².